The van der Waals surface area contributed by atoms with E-state index in [2.05, 4.69) is 53.8 Å². The summed E-state index contributed by atoms with van der Waals surface area (Å²) < 4.78 is 18.1. The molecular weight excluding hydrogens is 462 g/mol. The van der Waals surface area contributed by atoms with Gasteiger partial charge in [0.1, 0.15) is 12.4 Å². The summed E-state index contributed by atoms with van der Waals surface area (Å²) in [5.74, 6) is -2.67. The Labute approximate surface area is 210 Å². The number of carboxylic acid groups (broad SMARTS) is 2. The van der Waals surface area contributed by atoms with Crippen molar-refractivity contribution in [2.24, 2.45) is 0 Å². The number of carboxylic acids is 2. The summed E-state index contributed by atoms with van der Waals surface area (Å²) in [6.07, 6.45) is 0.756. The van der Waals surface area contributed by atoms with Crippen LogP contribution >= 0.6 is 0 Å². The van der Waals surface area contributed by atoms with Crippen molar-refractivity contribution in [1.82, 2.24) is 5.32 Å². The van der Waals surface area contributed by atoms with E-state index in [1.807, 2.05) is 42.5 Å². The zero-order chi connectivity index (χ0) is 25.6. The molecule has 0 saturated carbocycles. The molecule has 36 heavy (non-hydrogen) atoms. The lowest BCUT2D eigenvalue weighted by Crippen LogP contribution is -2.27. The fourth-order valence-corrected chi connectivity index (χ4v) is 3.77. The summed E-state index contributed by atoms with van der Waals surface area (Å²) >= 11 is 0. The van der Waals surface area contributed by atoms with Gasteiger partial charge in [-0.3, -0.25) is 0 Å². The molecule has 0 aliphatic carbocycles. The summed E-state index contributed by atoms with van der Waals surface area (Å²) in [6.45, 7) is 2.96. The molecule has 1 aliphatic heterocycles. The van der Waals surface area contributed by atoms with Crippen molar-refractivity contribution >= 4 is 11.9 Å². The minimum Gasteiger partial charge on any atom is -0.492 e. The quantitative estimate of drug-likeness (QED) is 0.289. The lowest BCUT2D eigenvalue weighted by atomic mass is 9.91. The lowest BCUT2D eigenvalue weighted by molar-refractivity contribution is -0.159. The number of aliphatic carboxylic acids is 2. The van der Waals surface area contributed by atoms with Gasteiger partial charge in [0.25, 0.3) is 0 Å². The molecule has 8 heteroatoms. The summed E-state index contributed by atoms with van der Waals surface area (Å²) in [5.41, 5.74) is 2.43. The molecule has 190 valence electrons. The van der Waals surface area contributed by atoms with Crippen LogP contribution in [-0.4, -0.2) is 60.8 Å². The molecule has 1 aliphatic rings. The van der Waals surface area contributed by atoms with Gasteiger partial charge in [-0.25, -0.2) is 9.59 Å². The minimum absolute atomic E-state index is 0.0737. The second-order valence-electron chi connectivity index (χ2n) is 8.07. The largest absolute Gasteiger partial charge is 0.492 e. The molecule has 1 fully saturated rings. The molecule has 0 bridgehead atoms. The van der Waals surface area contributed by atoms with Crippen LogP contribution in [0.4, 0.5) is 0 Å². The summed E-state index contributed by atoms with van der Waals surface area (Å²) in [5, 5.41) is 18.2. The van der Waals surface area contributed by atoms with Gasteiger partial charge in [-0.2, -0.15) is 0 Å². The predicted molar refractivity (Wildman–Crippen MR) is 134 cm³/mol. The van der Waals surface area contributed by atoms with Gasteiger partial charge < -0.3 is 29.7 Å². The van der Waals surface area contributed by atoms with E-state index in [9.17, 15) is 0 Å². The Morgan fingerprint density at radius 2 is 1.36 bits per heavy atom. The van der Waals surface area contributed by atoms with Crippen molar-refractivity contribution < 1.29 is 34.0 Å². The average molecular weight is 494 g/mol. The van der Waals surface area contributed by atoms with Crippen LogP contribution in [0, 0.1) is 0 Å². The van der Waals surface area contributed by atoms with E-state index >= 15 is 0 Å². The third kappa shape index (κ3) is 8.81. The van der Waals surface area contributed by atoms with Crippen LogP contribution in [0.15, 0.2) is 91.0 Å². The van der Waals surface area contributed by atoms with E-state index < -0.39 is 11.9 Å². The molecule has 1 heterocycles. The fraction of sp³-hybridized carbons (Fsp3) is 0.286. The first kappa shape index (κ1) is 26.9. The second kappa shape index (κ2) is 14.6. The highest BCUT2D eigenvalue weighted by atomic mass is 16.7. The second-order valence-corrected chi connectivity index (χ2v) is 8.07. The van der Waals surface area contributed by atoms with E-state index in [0.717, 1.165) is 25.3 Å². The predicted octanol–water partition coefficient (Wildman–Crippen LogP) is 3.77. The van der Waals surface area contributed by atoms with Crippen LogP contribution in [0.2, 0.25) is 0 Å². The molecule has 0 amide bonds. The maximum atomic E-state index is 9.10. The van der Waals surface area contributed by atoms with E-state index in [4.69, 9.17) is 34.0 Å². The zero-order valence-corrected chi connectivity index (χ0v) is 19.9. The highest BCUT2D eigenvalue weighted by Crippen LogP contribution is 2.34. The van der Waals surface area contributed by atoms with Gasteiger partial charge in [0, 0.05) is 6.54 Å². The van der Waals surface area contributed by atoms with Gasteiger partial charge in [-0.15, -0.1) is 0 Å². The molecule has 0 unspecified atom stereocenters. The molecule has 3 aromatic rings. The maximum Gasteiger partial charge on any atom is 0.414 e. The van der Waals surface area contributed by atoms with Crippen LogP contribution in [0.5, 0.6) is 5.75 Å². The number of ether oxygens (including phenoxy) is 3. The van der Waals surface area contributed by atoms with Gasteiger partial charge >= 0.3 is 11.9 Å². The Morgan fingerprint density at radius 3 is 1.89 bits per heavy atom. The monoisotopic (exact) mass is 493 g/mol. The number of carbonyl (C=O) groups is 2. The third-order valence-corrected chi connectivity index (χ3v) is 5.48. The molecule has 0 radical (unpaired) electrons. The molecule has 3 aromatic carbocycles. The number of rotatable bonds is 10. The Hall–Kier alpha value is -3.72. The Balaban J connectivity index is 0.000000538. The minimum atomic E-state index is -1.82. The number of nitrogens with one attached hydrogen (secondary N) is 1. The van der Waals surface area contributed by atoms with E-state index in [0.29, 0.717) is 13.2 Å². The van der Waals surface area contributed by atoms with Gasteiger partial charge in [0.2, 0.25) is 0 Å². The molecule has 4 rings (SSSR count). The van der Waals surface area contributed by atoms with Crippen LogP contribution in [0.25, 0.3) is 0 Å². The molecule has 2 atom stereocenters. The number of benzene rings is 3. The first-order valence-corrected chi connectivity index (χ1v) is 11.8. The Morgan fingerprint density at radius 1 is 0.833 bits per heavy atom. The van der Waals surface area contributed by atoms with Crippen molar-refractivity contribution in [3.8, 4) is 5.75 Å². The van der Waals surface area contributed by atoms with Gasteiger partial charge in [0.05, 0.1) is 18.6 Å². The molecule has 0 spiro atoms. The highest BCUT2D eigenvalue weighted by Gasteiger charge is 2.34. The maximum absolute atomic E-state index is 9.10. The van der Waals surface area contributed by atoms with E-state index in [1.165, 1.54) is 11.1 Å². The van der Waals surface area contributed by atoms with Crippen molar-refractivity contribution in [2.45, 2.75) is 24.7 Å². The van der Waals surface area contributed by atoms with E-state index in [-0.39, 0.29) is 18.3 Å². The number of hydrogen-bond acceptors (Lipinski definition) is 6. The van der Waals surface area contributed by atoms with Gasteiger partial charge in [-0.05, 0) is 36.2 Å². The number of para-hydroxylation sites is 1. The van der Waals surface area contributed by atoms with Crippen molar-refractivity contribution in [2.75, 3.05) is 26.3 Å². The average Bonchev–Trinajstić information content (AvgIpc) is 3.37. The first-order valence-electron chi connectivity index (χ1n) is 11.8. The van der Waals surface area contributed by atoms with Crippen molar-refractivity contribution in [1.29, 1.82) is 0 Å². The molecule has 8 nitrogen and oxygen atoms in total. The summed E-state index contributed by atoms with van der Waals surface area (Å²) in [4.78, 5) is 18.2. The SMILES string of the molecule is O=C(O)C(=O)O.c1ccc(OCCNCC[C@H]2CO[C@H](C(c3ccccc3)c3ccccc3)O2)cc1. The lowest BCUT2D eigenvalue weighted by Gasteiger charge is -2.24. The first-order chi connectivity index (χ1) is 17.5. The molecule has 3 N–H and O–H groups in total. The zero-order valence-electron chi connectivity index (χ0n) is 19.9. The van der Waals surface area contributed by atoms with Crippen molar-refractivity contribution in [3.05, 3.63) is 102 Å². The van der Waals surface area contributed by atoms with Gasteiger partial charge in [-0.1, -0.05) is 78.9 Å². The normalized spacial score (nSPS) is 16.7. The highest BCUT2D eigenvalue weighted by molar-refractivity contribution is 6.27. The third-order valence-electron chi connectivity index (χ3n) is 5.48. The number of hydrogen-bond donors (Lipinski definition) is 3. The Bertz CT molecular complexity index is 996. The summed E-state index contributed by atoms with van der Waals surface area (Å²) in [6, 6.07) is 30.8. The van der Waals surface area contributed by atoms with E-state index in [1.54, 1.807) is 0 Å². The van der Waals surface area contributed by atoms with Crippen LogP contribution in [0.3, 0.4) is 0 Å². The molecular formula is C28H31NO7. The standard InChI is InChI=1S/C26H29NO3.C2H2O4/c1-4-10-21(11-5-1)25(22-12-6-2-7-13-22)26-29-20-24(30-26)16-17-27-18-19-28-23-14-8-3-9-15-23;3-1(4)2(5)6/h1-15,24-27H,16-20H2;(H,3,4)(H,5,6)/t24-,26-;/m0./s1. The van der Waals surface area contributed by atoms with Crippen molar-refractivity contribution in [3.63, 3.8) is 0 Å². The van der Waals surface area contributed by atoms with Crippen LogP contribution in [0.1, 0.15) is 23.5 Å². The smallest absolute Gasteiger partial charge is 0.414 e. The Kier molecular flexibility index (Phi) is 10.9. The summed E-state index contributed by atoms with van der Waals surface area (Å²) in [7, 11) is 0. The van der Waals surface area contributed by atoms with Crippen LogP contribution in [-0.2, 0) is 19.1 Å². The molecule has 1 saturated heterocycles. The molecule has 0 aromatic heterocycles. The van der Waals surface area contributed by atoms with Gasteiger partial charge in [0.15, 0.2) is 6.29 Å². The fourth-order valence-electron chi connectivity index (χ4n) is 3.77. The van der Waals surface area contributed by atoms with Crippen LogP contribution < -0.4 is 10.1 Å². The topological polar surface area (TPSA) is 114 Å².